The molecule has 0 fully saturated rings. The third kappa shape index (κ3) is 2.02. The standard InChI is InChI=1S/C7H8N4S2/c1-5(7-8-2-3-12-7)10-6-4-9-11-13-6/h2-5,10H,1H3. The molecule has 0 saturated heterocycles. The molecule has 6 heteroatoms. The van der Waals surface area contributed by atoms with Crippen molar-refractivity contribution in [2.75, 3.05) is 5.32 Å². The van der Waals surface area contributed by atoms with Crippen molar-refractivity contribution < 1.29 is 0 Å². The summed E-state index contributed by atoms with van der Waals surface area (Å²) in [6.07, 6.45) is 3.53. The fraction of sp³-hybridized carbons (Fsp3) is 0.286. The summed E-state index contributed by atoms with van der Waals surface area (Å²) in [5.41, 5.74) is 0. The van der Waals surface area contributed by atoms with Crippen LogP contribution in [0, 0.1) is 0 Å². The van der Waals surface area contributed by atoms with Crippen molar-refractivity contribution in [1.29, 1.82) is 0 Å². The maximum Gasteiger partial charge on any atom is 0.130 e. The van der Waals surface area contributed by atoms with Crippen LogP contribution in [0.25, 0.3) is 0 Å². The summed E-state index contributed by atoms with van der Waals surface area (Å²) in [6.45, 7) is 2.07. The maximum atomic E-state index is 4.22. The first-order valence-electron chi connectivity index (χ1n) is 3.79. The molecule has 0 aliphatic carbocycles. The van der Waals surface area contributed by atoms with Crippen LogP contribution in [-0.4, -0.2) is 14.6 Å². The second-order valence-electron chi connectivity index (χ2n) is 2.52. The summed E-state index contributed by atoms with van der Waals surface area (Å²) in [7, 11) is 0. The predicted octanol–water partition coefficient (Wildman–Crippen LogP) is 2.17. The highest BCUT2D eigenvalue weighted by molar-refractivity contribution is 7.10. The zero-order chi connectivity index (χ0) is 9.10. The number of nitrogens with one attached hydrogen (secondary N) is 1. The van der Waals surface area contributed by atoms with Gasteiger partial charge >= 0.3 is 0 Å². The van der Waals surface area contributed by atoms with Crippen molar-refractivity contribution in [3.63, 3.8) is 0 Å². The van der Waals surface area contributed by atoms with E-state index >= 15 is 0 Å². The first-order chi connectivity index (χ1) is 6.36. The molecule has 0 aromatic carbocycles. The lowest BCUT2D eigenvalue weighted by Crippen LogP contribution is -2.04. The molecule has 2 aromatic rings. The van der Waals surface area contributed by atoms with Gasteiger partial charge in [0.25, 0.3) is 0 Å². The molecule has 13 heavy (non-hydrogen) atoms. The molecule has 0 saturated carbocycles. The summed E-state index contributed by atoms with van der Waals surface area (Å²) < 4.78 is 3.77. The summed E-state index contributed by atoms with van der Waals surface area (Å²) in [5.74, 6) is 0. The predicted molar refractivity (Wildman–Crippen MR) is 54.1 cm³/mol. The molecular weight excluding hydrogens is 204 g/mol. The van der Waals surface area contributed by atoms with Crippen molar-refractivity contribution in [3.05, 3.63) is 22.8 Å². The number of thiazole rings is 1. The topological polar surface area (TPSA) is 50.7 Å². The van der Waals surface area contributed by atoms with Crippen LogP contribution >= 0.6 is 22.9 Å². The summed E-state index contributed by atoms with van der Waals surface area (Å²) in [6, 6.07) is 0.224. The Labute approximate surface area is 83.8 Å². The lowest BCUT2D eigenvalue weighted by molar-refractivity contribution is 0.873. The molecule has 0 radical (unpaired) electrons. The smallest absolute Gasteiger partial charge is 0.130 e. The van der Waals surface area contributed by atoms with E-state index in [0.717, 1.165) is 10.0 Å². The zero-order valence-electron chi connectivity index (χ0n) is 6.97. The van der Waals surface area contributed by atoms with E-state index in [1.54, 1.807) is 17.5 Å². The highest BCUT2D eigenvalue weighted by Crippen LogP contribution is 2.21. The average molecular weight is 212 g/mol. The maximum absolute atomic E-state index is 4.22. The molecule has 2 rings (SSSR count). The van der Waals surface area contributed by atoms with Gasteiger partial charge in [0.05, 0.1) is 12.2 Å². The number of nitrogens with zero attached hydrogens (tertiary/aromatic N) is 3. The van der Waals surface area contributed by atoms with E-state index in [1.165, 1.54) is 11.5 Å². The molecule has 0 aliphatic rings. The Kier molecular flexibility index (Phi) is 2.51. The molecular formula is C7H8N4S2. The minimum Gasteiger partial charge on any atom is -0.365 e. The monoisotopic (exact) mass is 212 g/mol. The molecule has 1 unspecified atom stereocenters. The van der Waals surface area contributed by atoms with Gasteiger partial charge in [-0.05, 0) is 6.92 Å². The third-order valence-corrected chi connectivity index (χ3v) is 3.10. The molecule has 0 aliphatic heterocycles. The minimum absolute atomic E-state index is 0.224. The van der Waals surface area contributed by atoms with Crippen molar-refractivity contribution in [1.82, 2.24) is 14.6 Å². The number of anilines is 1. The second kappa shape index (κ2) is 3.80. The third-order valence-electron chi connectivity index (χ3n) is 1.54. The first kappa shape index (κ1) is 8.58. The Hall–Kier alpha value is -1.01. The van der Waals surface area contributed by atoms with E-state index in [9.17, 15) is 0 Å². The van der Waals surface area contributed by atoms with Crippen molar-refractivity contribution in [3.8, 4) is 0 Å². The van der Waals surface area contributed by atoms with Gasteiger partial charge in [-0.3, -0.25) is 0 Å². The van der Waals surface area contributed by atoms with Gasteiger partial charge in [0.1, 0.15) is 10.0 Å². The van der Waals surface area contributed by atoms with E-state index < -0.39 is 0 Å². The van der Waals surface area contributed by atoms with Gasteiger partial charge < -0.3 is 5.32 Å². The molecule has 2 aromatic heterocycles. The second-order valence-corrected chi connectivity index (χ2v) is 4.23. The number of aromatic nitrogens is 3. The van der Waals surface area contributed by atoms with Gasteiger partial charge in [0.15, 0.2) is 0 Å². The van der Waals surface area contributed by atoms with Gasteiger partial charge in [0, 0.05) is 23.1 Å². The van der Waals surface area contributed by atoms with E-state index in [2.05, 4.69) is 26.8 Å². The fourth-order valence-corrected chi connectivity index (χ4v) is 2.11. The number of hydrogen-bond acceptors (Lipinski definition) is 6. The molecule has 1 N–H and O–H groups in total. The van der Waals surface area contributed by atoms with Crippen LogP contribution in [0.4, 0.5) is 5.00 Å². The van der Waals surface area contributed by atoms with Gasteiger partial charge in [-0.15, -0.1) is 16.4 Å². The number of hydrogen-bond donors (Lipinski definition) is 1. The average Bonchev–Trinajstić information content (AvgIpc) is 2.74. The Balaban J connectivity index is 2.04. The van der Waals surface area contributed by atoms with Crippen LogP contribution in [0.15, 0.2) is 17.8 Å². The van der Waals surface area contributed by atoms with Crippen LogP contribution in [0.3, 0.4) is 0 Å². The molecule has 4 nitrogen and oxygen atoms in total. The highest BCUT2D eigenvalue weighted by atomic mass is 32.1. The molecule has 0 amide bonds. The molecule has 0 spiro atoms. The molecule has 2 heterocycles. The van der Waals surface area contributed by atoms with E-state index in [-0.39, 0.29) is 6.04 Å². The number of rotatable bonds is 3. The van der Waals surface area contributed by atoms with Gasteiger partial charge in [-0.25, -0.2) is 4.98 Å². The van der Waals surface area contributed by atoms with Gasteiger partial charge in [0.2, 0.25) is 0 Å². The van der Waals surface area contributed by atoms with Gasteiger partial charge in [-0.1, -0.05) is 4.49 Å². The largest absolute Gasteiger partial charge is 0.365 e. The SMILES string of the molecule is CC(Nc1cnns1)c1nccs1. The van der Waals surface area contributed by atoms with Crippen LogP contribution in [-0.2, 0) is 0 Å². The zero-order valence-corrected chi connectivity index (χ0v) is 8.60. The summed E-state index contributed by atoms with van der Waals surface area (Å²) in [5, 5.41) is 11.0. The molecule has 0 bridgehead atoms. The lowest BCUT2D eigenvalue weighted by Gasteiger charge is -2.08. The van der Waals surface area contributed by atoms with Crippen LogP contribution in [0.2, 0.25) is 0 Å². The molecule has 68 valence electrons. The Morgan fingerprint density at radius 1 is 1.54 bits per heavy atom. The minimum atomic E-state index is 0.224. The van der Waals surface area contributed by atoms with Crippen LogP contribution < -0.4 is 5.32 Å². The van der Waals surface area contributed by atoms with E-state index in [0.29, 0.717) is 0 Å². The highest BCUT2D eigenvalue weighted by Gasteiger charge is 2.08. The Morgan fingerprint density at radius 2 is 2.46 bits per heavy atom. The van der Waals surface area contributed by atoms with Crippen LogP contribution in [0.1, 0.15) is 18.0 Å². The first-order valence-corrected chi connectivity index (χ1v) is 5.45. The van der Waals surface area contributed by atoms with Crippen molar-refractivity contribution in [2.24, 2.45) is 0 Å². The summed E-state index contributed by atoms with van der Waals surface area (Å²) >= 11 is 3.00. The van der Waals surface area contributed by atoms with Crippen molar-refractivity contribution in [2.45, 2.75) is 13.0 Å². The normalized spacial score (nSPS) is 12.7. The Morgan fingerprint density at radius 3 is 3.08 bits per heavy atom. The van der Waals surface area contributed by atoms with E-state index in [4.69, 9.17) is 0 Å². The van der Waals surface area contributed by atoms with Crippen molar-refractivity contribution >= 4 is 27.9 Å². The van der Waals surface area contributed by atoms with Crippen LogP contribution in [0.5, 0.6) is 0 Å². The van der Waals surface area contributed by atoms with Gasteiger partial charge in [-0.2, -0.15) is 0 Å². The summed E-state index contributed by atoms with van der Waals surface area (Å²) in [4.78, 5) is 4.22. The van der Waals surface area contributed by atoms with E-state index in [1.807, 2.05) is 11.6 Å². The fourth-order valence-electron chi connectivity index (χ4n) is 0.954. The molecule has 1 atom stereocenters. The Bertz CT molecular complexity index is 342. The lowest BCUT2D eigenvalue weighted by atomic mass is 10.4. The quantitative estimate of drug-likeness (QED) is 0.847.